The van der Waals surface area contributed by atoms with Gasteiger partial charge in [-0.2, -0.15) is 0 Å². The van der Waals surface area contributed by atoms with Crippen molar-refractivity contribution in [3.8, 4) is 11.5 Å². The molecule has 5 heteroatoms. The van der Waals surface area contributed by atoms with Crippen LogP contribution in [0.25, 0.3) is 0 Å². The highest BCUT2D eigenvalue weighted by Crippen LogP contribution is 2.21. The average molecular weight is 313 g/mol. The third-order valence-corrected chi connectivity index (χ3v) is 3.01. The van der Waals surface area contributed by atoms with Crippen molar-refractivity contribution in [3.05, 3.63) is 24.3 Å². The molecule has 0 bridgehead atoms. The van der Waals surface area contributed by atoms with Gasteiger partial charge >= 0.3 is 11.9 Å². The number of hydrogen-bond acceptors (Lipinski definition) is 4. The van der Waals surface area contributed by atoms with Gasteiger partial charge in [0, 0.05) is 18.4 Å². The Bertz CT molecular complexity index is 471. The third kappa shape index (κ3) is 7.14. The van der Waals surface area contributed by atoms with E-state index in [1.165, 1.54) is 6.07 Å². The van der Waals surface area contributed by atoms with Gasteiger partial charge < -0.3 is 9.47 Å². The van der Waals surface area contributed by atoms with Crippen molar-refractivity contribution in [2.24, 2.45) is 5.92 Å². The van der Waals surface area contributed by atoms with E-state index in [1.54, 1.807) is 32.0 Å². The fourth-order valence-electron chi connectivity index (χ4n) is 1.56. The summed E-state index contributed by atoms with van der Waals surface area (Å²) in [5, 5.41) is 0. The lowest BCUT2D eigenvalue weighted by Gasteiger charge is -2.08. The van der Waals surface area contributed by atoms with Crippen molar-refractivity contribution < 1.29 is 19.1 Å². The summed E-state index contributed by atoms with van der Waals surface area (Å²) in [4.78, 5) is 23.2. The molecule has 0 saturated carbocycles. The fraction of sp³-hybridized carbons (Fsp3) is 0.500. The molecule has 0 atom stereocenters. The zero-order chi connectivity index (χ0) is 15.7. The summed E-state index contributed by atoms with van der Waals surface area (Å²) in [5.41, 5.74) is 0. The van der Waals surface area contributed by atoms with Gasteiger partial charge in [0.15, 0.2) is 0 Å². The largest absolute Gasteiger partial charge is 0.426 e. The minimum Gasteiger partial charge on any atom is -0.426 e. The van der Waals surface area contributed by atoms with E-state index in [9.17, 15) is 9.59 Å². The average Bonchev–Trinajstić information content (AvgIpc) is 2.44. The second-order valence-electron chi connectivity index (χ2n) is 5.02. The maximum atomic E-state index is 11.7. The van der Waals surface area contributed by atoms with Crippen LogP contribution in [0, 0.1) is 5.92 Å². The van der Waals surface area contributed by atoms with Crippen LogP contribution in [-0.4, -0.2) is 17.8 Å². The molecule has 1 aromatic rings. The van der Waals surface area contributed by atoms with E-state index in [4.69, 9.17) is 21.1 Å². The zero-order valence-electron chi connectivity index (χ0n) is 12.4. The number of unbranched alkanes of at least 4 members (excludes halogenated alkanes) is 2. The standard InChI is InChI=1S/C16H21ClO4/c1-12(2)16(19)21-14-8-6-7-13(11-14)20-15(18)9-4-3-5-10-17/h6-8,11-12H,3-5,9-10H2,1-2H3. The van der Waals surface area contributed by atoms with Gasteiger partial charge in [-0.05, 0) is 25.0 Å². The SMILES string of the molecule is CC(C)C(=O)Oc1cccc(OC(=O)CCCCCCl)c1. The minimum absolute atomic E-state index is 0.210. The Morgan fingerprint density at radius 1 is 1.10 bits per heavy atom. The second kappa shape index (κ2) is 9.40. The Labute approximate surface area is 130 Å². The van der Waals surface area contributed by atoms with Crippen molar-refractivity contribution in [2.45, 2.75) is 39.5 Å². The minimum atomic E-state index is -0.320. The lowest BCUT2D eigenvalue weighted by molar-refractivity contribution is -0.137. The molecule has 0 aliphatic heterocycles. The predicted molar refractivity (Wildman–Crippen MR) is 81.7 cm³/mol. The van der Waals surface area contributed by atoms with Crippen LogP contribution in [0.1, 0.15) is 39.5 Å². The molecule has 0 amide bonds. The molecule has 1 rings (SSSR count). The van der Waals surface area contributed by atoms with Gasteiger partial charge in [-0.3, -0.25) is 9.59 Å². The molecule has 0 N–H and O–H groups in total. The molecule has 0 spiro atoms. The first-order valence-corrected chi connectivity index (χ1v) is 7.64. The fourth-order valence-corrected chi connectivity index (χ4v) is 1.75. The molecule has 0 unspecified atom stereocenters. The number of carbonyl (C=O) groups is 2. The normalized spacial score (nSPS) is 10.5. The molecule has 4 nitrogen and oxygen atoms in total. The van der Waals surface area contributed by atoms with Crippen LogP contribution < -0.4 is 9.47 Å². The lowest BCUT2D eigenvalue weighted by Crippen LogP contribution is -2.15. The van der Waals surface area contributed by atoms with Gasteiger partial charge in [0.2, 0.25) is 0 Å². The first-order chi connectivity index (χ1) is 10.0. The number of ether oxygens (including phenoxy) is 2. The van der Waals surface area contributed by atoms with E-state index in [0.717, 1.165) is 19.3 Å². The molecule has 0 radical (unpaired) electrons. The van der Waals surface area contributed by atoms with Crippen molar-refractivity contribution in [2.75, 3.05) is 5.88 Å². The molecule has 0 aliphatic rings. The monoisotopic (exact) mass is 312 g/mol. The number of benzene rings is 1. The van der Waals surface area contributed by atoms with E-state index in [0.29, 0.717) is 23.8 Å². The Hall–Kier alpha value is -1.55. The summed E-state index contributed by atoms with van der Waals surface area (Å²) in [6.45, 7) is 3.51. The van der Waals surface area contributed by atoms with Crippen molar-refractivity contribution in [1.82, 2.24) is 0 Å². The van der Waals surface area contributed by atoms with Gasteiger partial charge in [0.1, 0.15) is 11.5 Å². The summed E-state index contributed by atoms with van der Waals surface area (Å²) in [7, 11) is 0. The molecule has 0 aromatic heterocycles. The van der Waals surface area contributed by atoms with E-state index < -0.39 is 0 Å². The quantitative estimate of drug-likeness (QED) is 0.315. The van der Waals surface area contributed by atoms with Crippen LogP contribution >= 0.6 is 11.6 Å². The van der Waals surface area contributed by atoms with E-state index >= 15 is 0 Å². The highest BCUT2D eigenvalue weighted by molar-refractivity contribution is 6.17. The van der Waals surface area contributed by atoms with Crippen LogP contribution in [0.15, 0.2) is 24.3 Å². The Morgan fingerprint density at radius 3 is 2.38 bits per heavy atom. The third-order valence-electron chi connectivity index (χ3n) is 2.74. The summed E-state index contributed by atoms with van der Waals surface area (Å²) >= 11 is 5.57. The number of hydrogen-bond donors (Lipinski definition) is 0. The van der Waals surface area contributed by atoms with Gasteiger partial charge in [-0.25, -0.2) is 0 Å². The van der Waals surface area contributed by atoms with E-state index in [-0.39, 0.29) is 17.9 Å². The summed E-state index contributed by atoms with van der Waals surface area (Å²) in [6.07, 6.45) is 2.92. The predicted octanol–water partition coefficient (Wildman–Crippen LogP) is 3.95. The highest BCUT2D eigenvalue weighted by atomic mass is 35.5. The highest BCUT2D eigenvalue weighted by Gasteiger charge is 2.11. The summed E-state index contributed by atoms with van der Waals surface area (Å²) in [6, 6.07) is 6.53. The molecule has 0 aliphatic carbocycles. The van der Waals surface area contributed by atoms with Crippen LogP contribution in [0.5, 0.6) is 11.5 Å². The number of esters is 2. The number of halogens is 1. The Balaban J connectivity index is 2.48. The molecule has 0 saturated heterocycles. The van der Waals surface area contributed by atoms with Crippen LogP contribution in [0.2, 0.25) is 0 Å². The molecular formula is C16H21ClO4. The first-order valence-electron chi connectivity index (χ1n) is 7.11. The topological polar surface area (TPSA) is 52.6 Å². The molecule has 1 aromatic carbocycles. The van der Waals surface area contributed by atoms with Gasteiger partial charge in [-0.15, -0.1) is 11.6 Å². The van der Waals surface area contributed by atoms with Crippen molar-refractivity contribution in [3.63, 3.8) is 0 Å². The summed E-state index contributed by atoms with van der Waals surface area (Å²) in [5.74, 6) is 0.542. The van der Waals surface area contributed by atoms with Crippen LogP contribution in [-0.2, 0) is 9.59 Å². The smallest absolute Gasteiger partial charge is 0.313 e. The molecule has 116 valence electrons. The van der Waals surface area contributed by atoms with Crippen LogP contribution in [0.4, 0.5) is 0 Å². The molecule has 0 heterocycles. The number of alkyl halides is 1. The zero-order valence-corrected chi connectivity index (χ0v) is 13.2. The second-order valence-corrected chi connectivity index (χ2v) is 5.40. The van der Waals surface area contributed by atoms with Crippen molar-refractivity contribution in [1.29, 1.82) is 0 Å². The van der Waals surface area contributed by atoms with E-state index in [1.807, 2.05) is 0 Å². The molecular weight excluding hydrogens is 292 g/mol. The summed E-state index contributed by atoms with van der Waals surface area (Å²) < 4.78 is 10.4. The van der Waals surface area contributed by atoms with Gasteiger partial charge in [0.25, 0.3) is 0 Å². The number of carbonyl (C=O) groups excluding carboxylic acids is 2. The number of rotatable bonds is 8. The Kier molecular flexibility index (Phi) is 7.83. The molecule has 21 heavy (non-hydrogen) atoms. The molecule has 0 fully saturated rings. The lowest BCUT2D eigenvalue weighted by atomic mass is 10.2. The van der Waals surface area contributed by atoms with Crippen LogP contribution in [0.3, 0.4) is 0 Å². The van der Waals surface area contributed by atoms with E-state index in [2.05, 4.69) is 0 Å². The van der Waals surface area contributed by atoms with Crippen molar-refractivity contribution >= 4 is 23.5 Å². The maximum absolute atomic E-state index is 11.7. The van der Waals surface area contributed by atoms with Gasteiger partial charge in [-0.1, -0.05) is 26.3 Å². The first kappa shape index (κ1) is 17.5. The Morgan fingerprint density at radius 2 is 1.76 bits per heavy atom. The maximum Gasteiger partial charge on any atom is 0.313 e. The van der Waals surface area contributed by atoms with Gasteiger partial charge in [0.05, 0.1) is 5.92 Å².